The summed E-state index contributed by atoms with van der Waals surface area (Å²) < 4.78 is 0. The zero-order valence-electron chi connectivity index (χ0n) is 12.8. The minimum atomic E-state index is -0.234. The van der Waals surface area contributed by atoms with Crippen molar-refractivity contribution in [3.63, 3.8) is 0 Å². The molecule has 2 atom stereocenters. The summed E-state index contributed by atoms with van der Waals surface area (Å²) >= 11 is 5.87. The molecule has 0 spiro atoms. The van der Waals surface area contributed by atoms with Crippen LogP contribution in [0.5, 0.6) is 0 Å². The Morgan fingerprint density at radius 2 is 1.83 bits per heavy atom. The number of fused-ring (bicyclic) bond motifs is 1. The molecule has 0 unspecified atom stereocenters. The van der Waals surface area contributed by atoms with Gasteiger partial charge >= 0.3 is 0 Å². The number of hydrogen-bond donors (Lipinski definition) is 1. The molecule has 1 heterocycles. The van der Waals surface area contributed by atoms with E-state index in [9.17, 15) is 14.4 Å². The van der Waals surface area contributed by atoms with Gasteiger partial charge in [0.25, 0.3) is 0 Å². The Morgan fingerprint density at radius 1 is 1.17 bits per heavy atom. The van der Waals surface area contributed by atoms with Crippen molar-refractivity contribution in [1.82, 2.24) is 4.90 Å². The SMILES string of the molecule is O=C(CCN1C(=O)[C@H]2CCCC[C@@H]2C1=O)Nc1cccc(Cl)c1. The lowest BCUT2D eigenvalue weighted by Crippen LogP contribution is -2.34. The molecular weight excluding hydrogens is 316 g/mol. The van der Waals surface area contributed by atoms with Crippen LogP contribution in [0.2, 0.25) is 5.02 Å². The molecule has 0 aromatic heterocycles. The number of imide groups is 1. The third-order valence-corrected chi connectivity index (χ3v) is 4.84. The van der Waals surface area contributed by atoms with Gasteiger partial charge in [-0.1, -0.05) is 30.5 Å². The first kappa shape index (κ1) is 16.0. The fourth-order valence-corrected chi connectivity index (χ4v) is 3.64. The van der Waals surface area contributed by atoms with Gasteiger partial charge in [-0.2, -0.15) is 0 Å². The summed E-state index contributed by atoms with van der Waals surface area (Å²) in [7, 11) is 0. The van der Waals surface area contributed by atoms with Gasteiger partial charge in [0.1, 0.15) is 0 Å². The van der Waals surface area contributed by atoms with Gasteiger partial charge in [0.15, 0.2) is 0 Å². The van der Waals surface area contributed by atoms with Gasteiger partial charge in [-0.05, 0) is 31.0 Å². The van der Waals surface area contributed by atoms with Crippen molar-refractivity contribution in [1.29, 1.82) is 0 Å². The largest absolute Gasteiger partial charge is 0.326 e. The lowest BCUT2D eigenvalue weighted by Gasteiger charge is -2.19. The van der Waals surface area contributed by atoms with E-state index < -0.39 is 0 Å². The minimum absolute atomic E-state index is 0.101. The number of hydrogen-bond acceptors (Lipinski definition) is 3. The third kappa shape index (κ3) is 3.39. The highest BCUT2D eigenvalue weighted by Gasteiger charge is 2.47. The molecule has 3 amide bonds. The Hall–Kier alpha value is -1.88. The first-order chi connectivity index (χ1) is 11.1. The summed E-state index contributed by atoms with van der Waals surface area (Å²) in [6.07, 6.45) is 3.69. The van der Waals surface area contributed by atoms with Crippen molar-refractivity contribution in [2.24, 2.45) is 11.8 Å². The van der Waals surface area contributed by atoms with E-state index in [2.05, 4.69) is 5.32 Å². The van der Waals surface area contributed by atoms with Crippen molar-refractivity contribution >= 4 is 35.0 Å². The number of nitrogens with one attached hydrogen (secondary N) is 1. The fraction of sp³-hybridized carbons (Fsp3) is 0.471. The van der Waals surface area contributed by atoms with Gasteiger partial charge in [-0.3, -0.25) is 19.3 Å². The second kappa shape index (κ2) is 6.71. The summed E-state index contributed by atoms with van der Waals surface area (Å²) in [5, 5.41) is 3.27. The molecule has 2 aliphatic rings. The van der Waals surface area contributed by atoms with E-state index in [1.54, 1.807) is 24.3 Å². The Kier molecular flexibility index (Phi) is 4.66. The number of likely N-dealkylation sites (tertiary alicyclic amines) is 1. The van der Waals surface area contributed by atoms with Crippen LogP contribution in [-0.2, 0) is 14.4 Å². The van der Waals surface area contributed by atoms with Crippen LogP contribution < -0.4 is 5.32 Å². The molecule has 1 aliphatic carbocycles. The van der Waals surface area contributed by atoms with Crippen LogP contribution in [0.15, 0.2) is 24.3 Å². The van der Waals surface area contributed by atoms with Crippen LogP contribution in [0.4, 0.5) is 5.69 Å². The summed E-state index contributed by atoms with van der Waals surface area (Å²) in [6.45, 7) is 0.150. The van der Waals surface area contributed by atoms with Gasteiger partial charge in [0.05, 0.1) is 11.8 Å². The molecule has 5 nitrogen and oxygen atoms in total. The molecular formula is C17H19ClN2O3. The van der Waals surface area contributed by atoms with Crippen LogP contribution >= 0.6 is 11.6 Å². The molecule has 0 bridgehead atoms. The maximum atomic E-state index is 12.3. The van der Waals surface area contributed by atoms with E-state index in [4.69, 9.17) is 11.6 Å². The molecule has 3 rings (SSSR count). The second-order valence-corrected chi connectivity index (χ2v) is 6.57. The van der Waals surface area contributed by atoms with E-state index in [1.165, 1.54) is 4.90 Å². The normalized spacial score (nSPS) is 23.8. The Labute approximate surface area is 140 Å². The van der Waals surface area contributed by atoms with Crippen LogP contribution in [-0.4, -0.2) is 29.2 Å². The number of anilines is 1. The molecule has 23 heavy (non-hydrogen) atoms. The minimum Gasteiger partial charge on any atom is -0.326 e. The van der Waals surface area contributed by atoms with Crippen molar-refractivity contribution < 1.29 is 14.4 Å². The number of amides is 3. The summed E-state index contributed by atoms with van der Waals surface area (Å²) in [5.41, 5.74) is 0.607. The fourth-order valence-electron chi connectivity index (χ4n) is 3.45. The third-order valence-electron chi connectivity index (χ3n) is 4.60. The maximum Gasteiger partial charge on any atom is 0.233 e. The van der Waals surface area contributed by atoms with Crippen LogP contribution in [0.1, 0.15) is 32.1 Å². The van der Waals surface area contributed by atoms with Gasteiger partial charge in [0, 0.05) is 23.7 Å². The molecule has 1 N–H and O–H groups in total. The second-order valence-electron chi connectivity index (χ2n) is 6.13. The number of halogens is 1. The first-order valence-corrected chi connectivity index (χ1v) is 8.34. The van der Waals surface area contributed by atoms with Crippen molar-refractivity contribution in [3.8, 4) is 0 Å². The molecule has 1 saturated heterocycles. The van der Waals surface area contributed by atoms with Gasteiger partial charge in [-0.15, -0.1) is 0 Å². The molecule has 1 saturated carbocycles. The molecule has 1 aliphatic heterocycles. The standard InChI is InChI=1S/C17H19ClN2O3/c18-11-4-3-5-12(10-11)19-15(21)8-9-20-16(22)13-6-1-2-7-14(13)17(20)23/h3-5,10,13-14H,1-2,6-9H2,(H,19,21)/t13-,14-/m0/s1. The number of carbonyl (C=O) groups excluding carboxylic acids is 3. The number of rotatable bonds is 4. The Bertz CT molecular complexity index is 622. The van der Waals surface area contributed by atoms with Gasteiger partial charge in [0.2, 0.25) is 17.7 Å². The number of carbonyl (C=O) groups is 3. The average Bonchev–Trinajstić information content (AvgIpc) is 2.77. The molecule has 2 fully saturated rings. The molecule has 6 heteroatoms. The van der Waals surface area contributed by atoms with Crippen molar-refractivity contribution in [2.45, 2.75) is 32.1 Å². The van der Waals surface area contributed by atoms with E-state index in [0.29, 0.717) is 10.7 Å². The highest BCUT2D eigenvalue weighted by atomic mass is 35.5. The predicted octanol–water partition coefficient (Wildman–Crippen LogP) is 2.84. The van der Waals surface area contributed by atoms with Crippen LogP contribution in [0.3, 0.4) is 0 Å². The van der Waals surface area contributed by atoms with E-state index in [-0.39, 0.29) is 42.5 Å². The summed E-state index contributed by atoms with van der Waals surface area (Å²) in [4.78, 5) is 37.9. The quantitative estimate of drug-likeness (QED) is 0.861. The zero-order valence-corrected chi connectivity index (χ0v) is 13.5. The monoisotopic (exact) mass is 334 g/mol. The van der Waals surface area contributed by atoms with Crippen LogP contribution in [0.25, 0.3) is 0 Å². The first-order valence-electron chi connectivity index (χ1n) is 7.97. The molecule has 1 aromatic carbocycles. The summed E-state index contributed by atoms with van der Waals surface area (Å²) in [5.74, 6) is -0.757. The molecule has 1 aromatic rings. The number of nitrogens with zero attached hydrogens (tertiary/aromatic N) is 1. The topological polar surface area (TPSA) is 66.5 Å². The lowest BCUT2D eigenvalue weighted by atomic mass is 9.81. The summed E-state index contributed by atoms with van der Waals surface area (Å²) in [6, 6.07) is 6.86. The van der Waals surface area contributed by atoms with Gasteiger partial charge in [-0.25, -0.2) is 0 Å². The van der Waals surface area contributed by atoms with Crippen molar-refractivity contribution in [2.75, 3.05) is 11.9 Å². The number of benzene rings is 1. The highest BCUT2D eigenvalue weighted by Crippen LogP contribution is 2.37. The average molecular weight is 335 g/mol. The van der Waals surface area contributed by atoms with E-state index >= 15 is 0 Å². The Morgan fingerprint density at radius 3 is 2.43 bits per heavy atom. The van der Waals surface area contributed by atoms with Gasteiger partial charge < -0.3 is 5.32 Å². The molecule has 0 radical (unpaired) electrons. The van der Waals surface area contributed by atoms with E-state index in [1.807, 2.05) is 0 Å². The van der Waals surface area contributed by atoms with E-state index in [0.717, 1.165) is 25.7 Å². The Balaban J connectivity index is 1.56. The van der Waals surface area contributed by atoms with Crippen LogP contribution in [0, 0.1) is 11.8 Å². The predicted molar refractivity (Wildman–Crippen MR) is 86.9 cm³/mol. The highest BCUT2D eigenvalue weighted by molar-refractivity contribution is 6.30. The maximum absolute atomic E-state index is 12.3. The zero-order chi connectivity index (χ0) is 16.4. The smallest absolute Gasteiger partial charge is 0.233 e. The molecule has 122 valence electrons. The lowest BCUT2D eigenvalue weighted by molar-refractivity contribution is -0.140. The van der Waals surface area contributed by atoms with Crippen molar-refractivity contribution in [3.05, 3.63) is 29.3 Å².